The van der Waals surface area contributed by atoms with Crippen molar-refractivity contribution in [2.24, 2.45) is 0 Å². The first-order valence-electron chi connectivity index (χ1n) is 8.20. The zero-order valence-corrected chi connectivity index (χ0v) is 13.6. The Morgan fingerprint density at radius 2 is 1.72 bits per heavy atom. The van der Waals surface area contributed by atoms with Crippen molar-refractivity contribution < 1.29 is 9.53 Å². The zero-order chi connectivity index (χ0) is 17.1. The number of carbonyl (C=O) groups is 1. The minimum atomic E-state index is -0.101. The van der Waals surface area contributed by atoms with Crippen molar-refractivity contribution in [3.8, 4) is 17.3 Å². The zero-order valence-electron chi connectivity index (χ0n) is 13.6. The molecule has 0 N–H and O–H groups in total. The van der Waals surface area contributed by atoms with Gasteiger partial charge in [0, 0.05) is 18.3 Å². The van der Waals surface area contributed by atoms with Crippen molar-refractivity contribution in [3.05, 3.63) is 78.0 Å². The third-order valence-electron chi connectivity index (χ3n) is 4.12. The van der Waals surface area contributed by atoms with Gasteiger partial charge in [0.25, 0.3) is 5.91 Å². The molecule has 0 radical (unpaired) electrons. The quantitative estimate of drug-likeness (QED) is 0.740. The Morgan fingerprint density at radius 3 is 2.48 bits per heavy atom. The van der Waals surface area contributed by atoms with E-state index in [2.05, 4.69) is 9.97 Å². The summed E-state index contributed by atoms with van der Waals surface area (Å²) >= 11 is 0. The molecule has 25 heavy (non-hydrogen) atoms. The molecule has 5 heteroatoms. The van der Waals surface area contributed by atoms with E-state index in [1.165, 1.54) is 0 Å². The molecule has 0 spiro atoms. The average Bonchev–Trinajstić information content (AvgIpc) is 2.82. The smallest absolute Gasteiger partial charge is 0.261 e. The lowest BCUT2D eigenvalue weighted by Gasteiger charge is -2.19. The maximum Gasteiger partial charge on any atom is 0.261 e. The van der Waals surface area contributed by atoms with Crippen molar-refractivity contribution in [2.45, 2.75) is 6.54 Å². The molecule has 1 aromatic heterocycles. The molecule has 1 amide bonds. The number of nitrogens with zero attached hydrogens (tertiary/aromatic N) is 3. The van der Waals surface area contributed by atoms with Gasteiger partial charge in [-0.1, -0.05) is 60.7 Å². The summed E-state index contributed by atoms with van der Waals surface area (Å²) in [6.07, 6.45) is 1.57. The Kier molecular flexibility index (Phi) is 4.12. The minimum Gasteiger partial charge on any atom is -0.475 e. The monoisotopic (exact) mass is 331 g/mol. The van der Waals surface area contributed by atoms with Gasteiger partial charge in [0.1, 0.15) is 12.2 Å². The largest absolute Gasteiger partial charge is 0.475 e. The molecule has 0 saturated heterocycles. The van der Waals surface area contributed by atoms with Crippen LogP contribution in [0.3, 0.4) is 0 Å². The van der Waals surface area contributed by atoms with Gasteiger partial charge in [-0.2, -0.15) is 4.98 Å². The molecule has 0 saturated carbocycles. The number of fused-ring (bicyclic) bond motifs is 1. The van der Waals surface area contributed by atoms with E-state index >= 15 is 0 Å². The molecule has 1 aliphatic rings. The van der Waals surface area contributed by atoms with Crippen LogP contribution in [-0.4, -0.2) is 33.9 Å². The fraction of sp³-hybridized carbons (Fsp3) is 0.150. The fourth-order valence-corrected chi connectivity index (χ4v) is 2.83. The highest BCUT2D eigenvalue weighted by Gasteiger charge is 2.25. The van der Waals surface area contributed by atoms with E-state index in [1.807, 2.05) is 60.7 Å². The summed E-state index contributed by atoms with van der Waals surface area (Å²) < 4.78 is 5.74. The van der Waals surface area contributed by atoms with E-state index in [9.17, 15) is 4.79 Å². The number of hydrogen-bond acceptors (Lipinski definition) is 4. The first kappa shape index (κ1) is 15.3. The molecule has 4 rings (SSSR count). The van der Waals surface area contributed by atoms with Crippen molar-refractivity contribution in [1.82, 2.24) is 14.9 Å². The molecule has 1 aliphatic heterocycles. The van der Waals surface area contributed by atoms with Crippen LogP contribution in [0.1, 0.15) is 15.9 Å². The van der Waals surface area contributed by atoms with Crippen molar-refractivity contribution in [2.75, 3.05) is 13.2 Å². The molecule has 0 aliphatic carbocycles. The fourth-order valence-electron chi connectivity index (χ4n) is 2.83. The molecule has 2 heterocycles. The molecule has 0 bridgehead atoms. The lowest BCUT2D eigenvalue weighted by molar-refractivity contribution is 0.0742. The third kappa shape index (κ3) is 3.21. The number of hydrogen-bond donors (Lipinski definition) is 0. The summed E-state index contributed by atoms with van der Waals surface area (Å²) in [4.78, 5) is 23.4. The number of amides is 1. The van der Waals surface area contributed by atoms with E-state index in [0.29, 0.717) is 37.0 Å². The van der Waals surface area contributed by atoms with Crippen LogP contribution in [0, 0.1) is 0 Å². The molecule has 124 valence electrons. The normalized spacial score (nSPS) is 13.8. The maximum absolute atomic E-state index is 12.9. The summed E-state index contributed by atoms with van der Waals surface area (Å²) in [6, 6.07) is 19.6. The first-order valence-corrected chi connectivity index (χ1v) is 8.20. The second-order valence-electron chi connectivity index (χ2n) is 5.84. The second-order valence-corrected chi connectivity index (χ2v) is 5.84. The van der Waals surface area contributed by atoms with Gasteiger partial charge in [-0.3, -0.25) is 4.79 Å². The minimum absolute atomic E-state index is 0.101. The van der Waals surface area contributed by atoms with Gasteiger partial charge < -0.3 is 9.64 Å². The highest BCUT2D eigenvalue weighted by Crippen LogP contribution is 2.24. The summed E-state index contributed by atoms with van der Waals surface area (Å²) in [5.74, 6) is 0.814. The topological polar surface area (TPSA) is 55.3 Å². The number of aromatic nitrogens is 2. The Morgan fingerprint density at radius 1 is 1.00 bits per heavy atom. The van der Waals surface area contributed by atoms with Crippen LogP contribution in [0.25, 0.3) is 11.4 Å². The van der Waals surface area contributed by atoms with E-state index in [1.54, 1.807) is 11.1 Å². The van der Waals surface area contributed by atoms with Gasteiger partial charge in [-0.25, -0.2) is 4.98 Å². The van der Waals surface area contributed by atoms with Gasteiger partial charge in [0.05, 0.1) is 6.54 Å². The Hall–Kier alpha value is -3.21. The summed E-state index contributed by atoms with van der Waals surface area (Å²) in [7, 11) is 0. The Bertz CT molecular complexity index is 882. The van der Waals surface area contributed by atoms with Gasteiger partial charge >= 0.3 is 0 Å². The van der Waals surface area contributed by atoms with E-state index in [4.69, 9.17) is 4.74 Å². The molecule has 5 nitrogen and oxygen atoms in total. The van der Waals surface area contributed by atoms with Crippen LogP contribution in [0.15, 0.2) is 66.9 Å². The van der Waals surface area contributed by atoms with Gasteiger partial charge in [-0.15, -0.1) is 0 Å². The summed E-state index contributed by atoms with van der Waals surface area (Å²) in [5.41, 5.74) is 2.39. The molecule has 0 unspecified atom stereocenters. The number of carbonyl (C=O) groups excluding carboxylic acids is 1. The van der Waals surface area contributed by atoms with E-state index in [0.717, 1.165) is 11.1 Å². The summed E-state index contributed by atoms with van der Waals surface area (Å²) in [6.45, 7) is 1.48. The van der Waals surface area contributed by atoms with Crippen molar-refractivity contribution in [3.63, 3.8) is 0 Å². The lowest BCUT2D eigenvalue weighted by Crippen LogP contribution is -2.31. The predicted molar refractivity (Wildman–Crippen MR) is 94.1 cm³/mol. The summed E-state index contributed by atoms with van der Waals surface area (Å²) in [5, 5.41) is 0. The third-order valence-corrected chi connectivity index (χ3v) is 4.12. The van der Waals surface area contributed by atoms with E-state index in [-0.39, 0.29) is 5.91 Å². The van der Waals surface area contributed by atoms with Crippen LogP contribution >= 0.6 is 0 Å². The van der Waals surface area contributed by atoms with Crippen LogP contribution in [0.4, 0.5) is 0 Å². The van der Waals surface area contributed by atoms with Crippen LogP contribution in [0.5, 0.6) is 5.88 Å². The van der Waals surface area contributed by atoms with Crippen molar-refractivity contribution in [1.29, 1.82) is 0 Å². The highest BCUT2D eigenvalue weighted by molar-refractivity contribution is 5.96. The predicted octanol–water partition coefficient (Wildman–Crippen LogP) is 3.18. The Labute approximate surface area is 145 Å². The van der Waals surface area contributed by atoms with Crippen LogP contribution in [-0.2, 0) is 6.54 Å². The van der Waals surface area contributed by atoms with Gasteiger partial charge in [-0.05, 0) is 5.56 Å². The first-order chi connectivity index (χ1) is 12.3. The number of benzene rings is 2. The van der Waals surface area contributed by atoms with Gasteiger partial charge in [0.15, 0.2) is 5.82 Å². The second kappa shape index (κ2) is 6.73. The molecule has 3 aromatic rings. The van der Waals surface area contributed by atoms with E-state index < -0.39 is 0 Å². The van der Waals surface area contributed by atoms with Crippen LogP contribution in [0.2, 0.25) is 0 Å². The molecular weight excluding hydrogens is 314 g/mol. The highest BCUT2D eigenvalue weighted by atomic mass is 16.5. The molecule has 0 fully saturated rings. The molecule has 0 atom stereocenters. The average molecular weight is 331 g/mol. The SMILES string of the molecule is O=C1c2cnc(-c3ccccc3)nc2OCCN1Cc1ccccc1. The molecular formula is C20H17N3O2. The molecule has 2 aromatic carbocycles. The van der Waals surface area contributed by atoms with Crippen molar-refractivity contribution >= 4 is 5.91 Å². The standard InChI is InChI=1S/C20H17N3O2/c24-20-17-13-21-18(16-9-5-2-6-10-16)22-19(17)25-12-11-23(20)14-15-7-3-1-4-8-15/h1-10,13H,11-12,14H2. The lowest BCUT2D eigenvalue weighted by atomic mass is 10.2. The van der Waals surface area contributed by atoms with Crippen LogP contribution < -0.4 is 4.74 Å². The maximum atomic E-state index is 12.9. The van der Waals surface area contributed by atoms with Gasteiger partial charge in [0.2, 0.25) is 5.88 Å². The number of rotatable bonds is 3. The number of ether oxygens (including phenoxy) is 1. The Balaban J connectivity index is 1.63.